The number of nitrogens with zero attached hydrogens (tertiary/aromatic N) is 3. The van der Waals surface area contributed by atoms with Crippen molar-refractivity contribution in [3.8, 4) is 11.3 Å². The fourth-order valence-electron chi connectivity index (χ4n) is 2.77. The fraction of sp³-hybridized carbons (Fsp3) is 0.0526. The summed E-state index contributed by atoms with van der Waals surface area (Å²) in [6.45, 7) is 1.68. The van der Waals surface area contributed by atoms with Gasteiger partial charge in [-0.3, -0.25) is 9.12 Å². The van der Waals surface area contributed by atoms with E-state index in [9.17, 15) is 8.42 Å². The first-order chi connectivity index (χ1) is 12.9. The normalized spacial score (nSPS) is 11.6. The molecule has 0 aliphatic carbocycles. The van der Waals surface area contributed by atoms with Crippen molar-refractivity contribution in [2.24, 2.45) is 0 Å². The maximum atomic E-state index is 12.7. The number of hydrogen-bond donors (Lipinski definition) is 1. The van der Waals surface area contributed by atoms with Crippen LogP contribution >= 0.6 is 11.6 Å². The molecule has 0 amide bonds. The van der Waals surface area contributed by atoms with Gasteiger partial charge < -0.3 is 0 Å². The van der Waals surface area contributed by atoms with Crippen LogP contribution in [0.4, 0.5) is 5.69 Å². The topological polar surface area (TPSA) is 76.4 Å². The Morgan fingerprint density at radius 2 is 1.85 bits per heavy atom. The van der Waals surface area contributed by atoms with E-state index in [1.807, 2.05) is 35.0 Å². The van der Waals surface area contributed by atoms with E-state index in [4.69, 9.17) is 11.6 Å². The monoisotopic (exact) mass is 398 g/mol. The lowest BCUT2D eigenvalue weighted by atomic mass is 10.1. The number of sulfonamides is 1. The van der Waals surface area contributed by atoms with Crippen molar-refractivity contribution in [3.63, 3.8) is 0 Å². The van der Waals surface area contributed by atoms with Crippen molar-refractivity contribution >= 4 is 33.1 Å². The van der Waals surface area contributed by atoms with E-state index in [1.54, 1.807) is 37.4 Å². The number of imidazole rings is 1. The molecule has 0 aliphatic heterocycles. The molecule has 6 nitrogen and oxygen atoms in total. The average Bonchev–Trinajstić information content (AvgIpc) is 3.08. The first-order valence-corrected chi connectivity index (χ1v) is 9.98. The van der Waals surface area contributed by atoms with Gasteiger partial charge in [-0.15, -0.1) is 0 Å². The van der Waals surface area contributed by atoms with Crippen LogP contribution in [0.5, 0.6) is 0 Å². The number of hydrogen-bond acceptors (Lipinski definition) is 4. The van der Waals surface area contributed by atoms with E-state index in [0.717, 1.165) is 11.3 Å². The van der Waals surface area contributed by atoms with Gasteiger partial charge in [0.05, 0.1) is 10.6 Å². The molecule has 0 radical (unpaired) electrons. The van der Waals surface area contributed by atoms with Crippen LogP contribution < -0.4 is 4.72 Å². The van der Waals surface area contributed by atoms with Gasteiger partial charge >= 0.3 is 0 Å². The Morgan fingerprint density at radius 3 is 2.59 bits per heavy atom. The molecule has 27 heavy (non-hydrogen) atoms. The molecule has 2 heterocycles. The molecule has 4 aromatic rings. The SMILES string of the molecule is Cc1c(Cl)cccc1S(=O)(=O)Nc1ccc(-c2cn3cccnc3n2)cc1. The first-order valence-electron chi connectivity index (χ1n) is 8.12. The maximum absolute atomic E-state index is 12.7. The van der Waals surface area contributed by atoms with Crippen LogP contribution in [0.2, 0.25) is 5.02 Å². The quantitative estimate of drug-likeness (QED) is 0.560. The van der Waals surface area contributed by atoms with Crippen LogP contribution in [0.1, 0.15) is 5.56 Å². The molecule has 0 saturated carbocycles. The summed E-state index contributed by atoms with van der Waals surface area (Å²) in [5, 5.41) is 0.411. The summed E-state index contributed by atoms with van der Waals surface area (Å²) >= 11 is 6.04. The van der Waals surface area contributed by atoms with Gasteiger partial charge in [-0.2, -0.15) is 0 Å². The maximum Gasteiger partial charge on any atom is 0.262 e. The van der Waals surface area contributed by atoms with E-state index < -0.39 is 10.0 Å². The van der Waals surface area contributed by atoms with Gasteiger partial charge in [-0.1, -0.05) is 29.8 Å². The minimum absolute atomic E-state index is 0.158. The molecule has 0 fully saturated rings. The molecule has 8 heteroatoms. The lowest BCUT2D eigenvalue weighted by molar-refractivity contribution is 0.600. The van der Waals surface area contributed by atoms with Crippen LogP contribution in [0.25, 0.3) is 17.0 Å². The van der Waals surface area contributed by atoms with Crippen molar-refractivity contribution in [2.45, 2.75) is 11.8 Å². The van der Waals surface area contributed by atoms with Crippen LogP contribution in [0.15, 0.2) is 72.0 Å². The smallest absolute Gasteiger partial charge is 0.262 e. The Kier molecular flexibility index (Phi) is 4.33. The Morgan fingerprint density at radius 1 is 1.07 bits per heavy atom. The Hall–Kier alpha value is -2.90. The van der Waals surface area contributed by atoms with Gasteiger partial charge in [0.1, 0.15) is 0 Å². The fourth-order valence-corrected chi connectivity index (χ4v) is 4.32. The highest BCUT2D eigenvalue weighted by Gasteiger charge is 2.18. The van der Waals surface area contributed by atoms with Crippen molar-refractivity contribution < 1.29 is 8.42 Å². The van der Waals surface area contributed by atoms with Crippen LogP contribution in [-0.4, -0.2) is 22.8 Å². The number of anilines is 1. The van der Waals surface area contributed by atoms with E-state index in [0.29, 0.717) is 22.1 Å². The van der Waals surface area contributed by atoms with E-state index in [2.05, 4.69) is 14.7 Å². The van der Waals surface area contributed by atoms with Gasteiger partial charge in [0.25, 0.3) is 10.0 Å². The predicted octanol–water partition coefficient (Wildman–Crippen LogP) is 4.16. The molecule has 0 spiro atoms. The summed E-state index contributed by atoms with van der Waals surface area (Å²) in [4.78, 5) is 8.80. The third-order valence-electron chi connectivity index (χ3n) is 4.18. The number of fused-ring (bicyclic) bond motifs is 1. The number of aromatic nitrogens is 3. The molecule has 2 aromatic heterocycles. The van der Waals surface area contributed by atoms with Crippen molar-refractivity contribution in [2.75, 3.05) is 4.72 Å². The summed E-state index contributed by atoms with van der Waals surface area (Å²) in [7, 11) is -3.73. The number of rotatable bonds is 4. The third-order valence-corrected chi connectivity index (χ3v) is 6.11. The predicted molar refractivity (Wildman–Crippen MR) is 105 cm³/mol. The zero-order chi connectivity index (χ0) is 19.0. The molecular weight excluding hydrogens is 384 g/mol. The zero-order valence-electron chi connectivity index (χ0n) is 14.3. The lowest BCUT2D eigenvalue weighted by Gasteiger charge is -2.11. The average molecular weight is 399 g/mol. The number of nitrogens with one attached hydrogen (secondary N) is 1. The molecule has 2 aromatic carbocycles. The Bertz CT molecular complexity index is 1200. The molecule has 0 bridgehead atoms. The van der Waals surface area contributed by atoms with E-state index in [-0.39, 0.29) is 4.90 Å². The van der Waals surface area contributed by atoms with E-state index in [1.165, 1.54) is 6.07 Å². The Labute approximate surface area is 161 Å². The summed E-state index contributed by atoms with van der Waals surface area (Å²) in [6, 6.07) is 13.7. The molecule has 136 valence electrons. The minimum atomic E-state index is -3.73. The first kappa shape index (κ1) is 17.5. The second kappa shape index (κ2) is 6.68. The van der Waals surface area contributed by atoms with Crippen molar-refractivity contribution in [1.82, 2.24) is 14.4 Å². The molecule has 1 N–H and O–H groups in total. The van der Waals surface area contributed by atoms with Gasteiger partial charge in [0.15, 0.2) is 0 Å². The summed E-state index contributed by atoms with van der Waals surface area (Å²) in [5.41, 5.74) is 2.59. The molecule has 4 rings (SSSR count). The molecule has 0 aliphatic rings. The van der Waals surface area contributed by atoms with Crippen LogP contribution in [0, 0.1) is 6.92 Å². The highest BCUT2D eigenvalue weighted by molar-refractivity contribution is 7.92. The lowest BCUT2D eigenvalue weighted by Crippen LogP contribution is -2.14. The van der Waals surface area contributed by atoms with E-state index >= 15 is 0 Å². The third kappa shape index (κ3) is 3.39. The van der Waals surface area contributed by atoms with Crippen molar-refractivity contribution in [3.05, 3.63) is 77.7 Å². The highest BCUT2D eigenvalue weighted by Crippen LogP contribution is 2.26. The summed E-state index contributed by atoms with van der Waals surface area (Å²) in [5.74, 6) is 0.605. The van der Waals surface area contributed by atoms with Crippen LogP contribution in [-0.2, 0) is 10.0 Å². The minimum Gasteiger partial charge on any atom is -0.291 e. The number of halogens is 1. The van der Waals surface area contributed by atoms with Crippen molar-refractivity contribution in [1.29, 1.82) is 0 Å². The van der Waals surface area contributed by atoms with Gasteiger partial charge in [0.2, 0.25) is 5.78 Å². The summed E-state index contributed by atoms with van der Waals surface area (Å²) < 4.78 is 29.7. The molecule has 0 unspecified atom stereocenters. The van der Waals surface area contributed by atoms with Crippen LogP contribution in [0.3, 0.4) is 0 Å². The second-order valence-electron chi connectivity index (χ2n) is 6.00. The molecule has 0 saturated heterocycles. The van der Waals surface area contributed by atoms with Gasteiger partial charge in [0, 0.05) is 34.9 Å². The molecule has 0 atom stereocenters. The Balaban J connectivity index is 1.61. The zero-order valence-corrected chi connectivity index (χ0v) is 15.9. The largest absolute Gasteiger partial charge is 0.291 e. The highest BCUT2D eigenvalue weighted by atomic mass is 35.5. The van der Waals surface area contributed by atoms with Gasteiger partial charge in [-0.05, 0) is 42.8 Å². The summed E-state index contributed by atoms with van der Waals surface area (Å²) in [6.07, 6.45) is 5.42. The molecular formula is C19H15ClN4O2S. The standard InChI is InChI=1S/C19H15ClN4O2S/c1-13-16(20)4-2-5-18(13)27(25,26)23-15-8-6-14(7-9-15)17-12-24-11-3-10-21-19(24)22-17/h2-12,23H,1H3. The number of benzene rings is 2. The second-order valence-corrected chi connectivity index (χ2v) is 8.06. The van der Waals surface area contributed by atoms with Gasteiger partial charge in [-0.25, -0.2) is 18.4 Å².